The first-order valence-corrected chi connectivity index (χ1v) is 6.85. The van der Waals surface area contributed by atoms with Crippen LogP contribution in [0.3, 0.4) is 0 Å². The first kappa shape index (κ1) is 14.5. The summed E-state index contributed by atoms with van der Waals surface area (Å²) in [5.74, 6) is 5.64. The van der Waals surface area contributed by atoms with E-state index in [0.717, 1.165) is 11.8 Å². The standard InChI is InChI=1S/C11H11ClN4O3S/c12-7-2-1-3-8(4-7)19-5-9-14-15-11(16(9)13)20-6-10(17)18/h1-4H,5-6,13H2,(H,17,18). The summed E-state index contributed by atoms with van der Waals surface area (Å²) in [7, 11) is 0. The van der Waals surface area contributed by atoms with Crippen LogP contribution in [0.2, 0.25) is 5.02 Å². The van der Waals surface area contributed by atoms with Gasteiger partial charge < -0.3 is 15.7 Å². The van der Waals surface area contributed by atoms with Crippen molar-refractivity contribution < 1.29 is 14.6 Å². The third kappa shape index (κ3) is 3.78. The molecule has 0 spiro atoms. The zero-order valence-corrected chi connectivity index (χ0v) is 11.8. The minimum atomic E-state index is -0.949. The summed E-state index contributed by atoms with van der Waals surface area (Å²) in [6, 6.07) is 6.92. The lowest BCUT2D eigenvalue weighted by atomic mass is 10.3. The molecule has 0 fully saturated rings. The van der Waals surface area contributed by atoms with E-state index in [0.29, 0.717) is 21.8 Å². The van der Waals surface area contributed by atoms with Gasteiger partial charge in [-0.2, -0.15) is 0 Å². The monoisotopic (exact) mass is 314 g/mol. The number of halogens is 1. The number of nitrogen functional groups attached to an aromatic ring is 1. The van der Waals surface area contributed by atoms with Crippen LogP contribution in [0, 0.1) is 0 Å². The molecule has 0 radical (unpaired) electrons. The Labute approximate surface area is 123 Å². The predicted octanol–water partition coefficient (Wildman–Crippen LogP) is 1.40. The average Bonchev–Trinajstić information content (AvgIpc) is 2.75. The number of carboxylic acids is 1. The van der Waals surface area contributed by atoms with E-state index in [-0.39, 0.29) is 12.4 Å². The molecule has 3 N–H and O–H groups in total. The van der Waals surface area contributed by atoms with Gasteiger partial charge in [0.2, 0.25) is 5.16 Å². The van der Waals surface area contributed by atoms with Crippen molar-refractivity contribution in [1.29, 1.82) is 0 Å². The van der Waals surface area contributed by atoms with Crippen molar-refractivity contribution in [3.63, 3.8) is 0 Å². The first-order chi connectivity index (χ1) is 9.56. The van der Waals surface area contributed by atoms with Crippen molar-refractivity contribution >= 4 is 29.3 Å². The highest BCUT2D eigenvalue weighted by atomic mass is 35.5. The molecule has 0 amide bonds. The molecule has 20 heavy (non-hydrogen) atoms. The van der Waals surface area contributed by atoms with E-state index < -0.39 is 5.97 Å². The van der Waals surface area contributed by atoms with Gasteiger partial charge in [-0.05, 0) is 18.2 Å². The summed E-state index contributed by atoms with van der Waals surface area (Å²) in [6.07, 6.45) is 0. The maximum Gasteiger partial charge on any atom is 0.313 e. The molecule has 0 atom stereocenters. The molecule has 9 heteroatoms. The molecular weight excluding hydrogens is 304 g/mol. The van der Waals surface area contributed by atoms with Gasteiger partial charge in [0.15, 0.2) is 5.82 Å². The van der Waals surface area contributed by atoms with E-state index in [4.69, 9.17) is 27.3 Å². The maximum atomic E-state index is 10.5. The van der Waals surface area contributed by atoms with Crippen molar-refractivity contribution in [3.8, 4) is 5.75 Å². The number of carboxylic acid groups (broad SMARTS) is 1. The Kier molecular flexibility index (Phi) is 4.70. The number of hydrogen-bond donors (Lipinski definition) is 2. The van der Waals surface area contributed by atoms with Crippen LogP contribution in [-0.4, -0.2) is 31.7 Å². The van der Waals surface area contributed by atoms with Crippen LogP contribution in [0.1, 0.15) is 5.82 Å². The number of aliphatic carboxylic acids is 1. The molecule has 7 nitrogen and oxygen atoms in total. The summed E-state index contributed by atoms with van der Waals surface area (Å²) >= 11 is 6.82. The fraction of sp³-hybridized carbons (Fsp3) is 0.182. The van der Waals surface area contributed by atoms with E-state index in [1.54, 1.807) is 24.3 Å². The molecule has 106 valence electrons. The fourth-order valence-electron chi connectivity index (χ4n) is 1.34. The zero-order valence-electron chi connectivity index (χ0n) is 10.2. The number of carbonyl (C=O) groups is 1. The highest BCUT2D eigenvalue weighted by Gasteiger charge is 2.12. The Morgan fingerprint density at radius 2 is 2.30 bits per heavy atom. The van der Waals surface area contributed by atoms with Gasteiger partial charge in [0.1, 0.15) is 12.4 Å². The summed E-state index contributed by atoms with van der Waals surface area (Å²) in [4.78, 5) is 10.5. The molecule has 0 aliphatic carbocycles. The second-order valence-corrected chi connectivity index (χ2v) is 5.08. The molecule has 0 unspecified atom stereocenters. The molecule has 1 aromatic heterocycles. The van der Waals surface area contributed by atoms with Gasteiger partial charge in [-0.1, -0.05) is 29.4 Å². The van der Waals surface area contributed by atoms with Crippen molar-refractivity contribution in [2.75, 3.05) is 11.6 Å². The predicted molar refractivity (Wildman–Crippen MR) is 74.3 cm³/mol. The van der Waals surface area contributed by atoms with Gasteiger partial charge in [0, 0.05) is 5.02 Å². The van der Waals surface area contributed by atoms with E-state index in [9.17, 15) is 4.79 Å². The van der Waals surface area contributed by atoms with Gasteiger partial charge in [-0.15, -0.1) is 10.2 Å². The quantitative estimate of drug-likeness (QED) is 0.613. The second-order valence-electron chi connectivity index (χ2n) is 3.70. The zero-order chi connectivity index (χ0) is 14.5. The summed E-state index contributed by atoms with van der Waals surface area (Å²) in [6.45, 7) is 0.109. The number of thioether (sulfide) groups is 1. The van der Waals surface area contributed by atoms with Crippen LogP contribution in [0.15, 0.2) is 29.4 Å². The Morgan fingerprint density at radius 3 is 3.00 bits per heavy atom. The molecule has 2 rings (SSSR count). The highest BCUT2D eigenvalue weighted by molar-refractivity contribution is 7.99. The third-order valence-electron chi connectivity index (χ3n) is 2.22. The lowest BCUT2D eigenvalue weighted by molar-refractivity contribution is -0.133. The Hall–Kier alpha value is -1.93. The normalized spacial score (nSPS) is 10.4. The molecule has 1 aromatic carbocycles. The van der Waals surface area contributed by atoms with Crippen molar-refractivity contribution in [3.05, 3.63) is 35.1 Å². The van der Waals surface area contributed by atoms with Crippen LogP contribution >= 0.6 is 23.4 Å². The molecule has 0 aliphatic heterocycles. The van der Waals surface area contributed by atoms with E-state index in [2.05, 4.69) is 10.2 Å². The number of nitrogens with zero attached hydrogens (tertiary/aromatic N) is 3. The SMILES string of the molecule is Nn1c(COc2cccc(Cl)c2)nnc1SCC(=O)O. The minimum absolute atomic E-state index is 0.109. The van der Waals surface area contributed by atoms with Gasteiger partial charge in [0.05, 0.1) is 5.75 Å². The van der Waals surface area contributed by atoms with Gasteiger partial charge in [-0.3, -0.25) is 4.79 Å². The molecule has 0 saturated heterocycles. The largest absolute Gasteiger partial charge is 0.485 e. The Morgan fingerprint density at radius 1 is 1.50 bits per heavy atom. The molecule has 0 aliphatic rings. The minimum Gasteiger partial charge on any atom is -0.485 e. The fourth-order valence-corrected chi connectivity index (χ4v) is 2.11. The van der Waals surface area contributed by atoms with Gasteiger partial charge >= 0.3 is 5.97 Å². The van der Waals surface area contributed by atoms with E-state index >= 15 is 0 Å². The average molecular weight is 315 g/mol. The second kappa shape index (κ2) is 6.49. The number of rotatable bonds is 6. The van der Waals surface area contributed by atoms with E-state index in [1.165, 1.54) is 4.68 Å². The summed E-state index contributed by atoms with van der Waals surface area (Å²) < 4.78 is 6.69. The van der Waals surface area contributed by atoms with Crippen LogP contribution < -0.4 is 10.6 Å². The summed E-state index contributed by atoms with van der Waals surface area (Å²) in [5, 5.41) is 17.1. The van der Waals surface area contributed by atoms with Crippen LogP contribution in [-0.2, 0) is 11.4 Å². The van der Waals surface area contributed by atoms with Crippen LogP contribution in [0.4, 0.5) is 0 Å². The molecule has 1 heterocycles. The van der Waals surface area contributed by atoms with E-state index in [1.807, 2.05) is 0 Å². The number of hydrogen-bond acceptors (Lipinski definition) is 6. The topological polar surface area (TPSA) is 103 Å². The third-order valence-corrected chi connectivity index (χ3v) is 3.39. The Bertz CT molecular complexity index is 619. The lowest BCUT2D eigenvalue weighted by Crippen LogP contribution is -2.16. The number of ether oxygens (including phenoxy) is 1. The number of benzene rings is 1. The molecule has 0 bridgehead atoms. The van der Waals surface area contributed by atoms with Crippen LogP contribution in [0.5, 0.6) is 5.75 Å². The first-order valence-electron chi connectivity index (χ1n) is 5.48. The van der Waals surface area contributed by atoms with Gasteiger partial charge in [-0.25, -0.2) is 4.68 Å². The smallest absolute Gasteiger partial charge is 0.313 e. The maximum absolute atomic E-state index is 10.5. The van der Waals surface area contributed by atoms with Gasteiger partial charge in [0.25, 0.3) is 0 Å². The lowest BCUT2D eigenvalue weighted by Gasteiger charge is -2.06. The molecule has 0 saturated carbocycles. The van der Waals surface area contributed by atoms with Crippen molar-refractivity contribution in [1.82, 2.24) is 14.9 Å². The Balaban J connectivity index is 1.98. The van der Waals surface area contributed by atoms with Crippen molar-refractivity contribution in [2.24, 2.45) is 0 Å². The molecular formula is C11H11ClN4O3S. The summed E-state index contributed by atoms with van der Waals surface area (Å²) in [5.41, 5.74) is 0. The molecule has 2 aromatic rings. The highest BCUT2D eigenvalue weighted by Crippen LogP contribution is 2.19. The number of nitrogens with two attached hydrogens (primary N) is 1. The van der Waals surface area contributed by atoms with Crippen LogP contribution in [0.25, 0.3) is 0 Å². The number of aromatic nitrogens is 3. The van der Waals surface area contributed by atoms with Crippen molar-refractivity contribution in [2.45, 2.75) is 11.8 Å².